The van der Waals surface area contributed by atoms with E-state index in [0.717, 1.165) is 11.0 Å². The minimum absolute atomic E-state index is 0.165. The Hall–Kier alpha value is -1.23. The Labute approximate surface area is 136 Å². The molecule has 110 valence electrons. The van der Waals surface area contributed by atoms with Crippen LogP contribution in [0.4, 0.5) is 10.1 Å². The summed E-state index contributed by atoms with van der Waals surface area (Å²) in [6.45, 7) is 1.76. The second-order valence-corrected chi connectivity index (χ2v) is 6.50. The highest BCUT2D eigenvalue weighted by Gasteiger charge is 2.17. The van der Waals surface area contributed by atoms with Gasteiger partial charge in [0.15, 0.2) is 0 Å². The van der Waals surface area contributed by atoms with Crippen LogP contribution in [0.5, 0.6) is 0 Å². The summed E-state index contributed by atoms with van der Waals surface area (Å²) in [5, 5.41) is 3.07. The number of amides is 1. The maximum absolute atomic E-state index is 13.0. The fraction of sp³-hybridized carbons (Fsp3) is 0.133. The van der Waals surface area contributed by atoms with Crippen molar-refractivity contribution in [3.8, 4) is 0 Å². The van der Waals surface area contributed by atoms with Crippen molar-refractivity contribution in [2.24, 2.45) is 0 Å². The number of anilines is 1. The Morgan fingerprint density at radius 2 is 1.90 bits per heavy atom. The van der Waals surface area contributed by atoms with Crippen molar-refractivity contribution in [3.63, 3.8) is 0 Å². The summed E-state index contributed by atoms with van der Waals surface area (Å²) in [6.07, 6.45) is 0. The number of thioether (sulfide) groups is 1. The number of halogens is 3. The van der Waals surface area contributed by atoms with E-state index in [0.29, 0.717) is 10.7 Å². The third-order valence-corrected chi connectivity index (χ3v) is 4.63. The lowest BCUT2D eigenvalue weighted by molar-refractivity contribution is -0.115. The first-order chi connectivity index (χ1) is 9.97. The van der Waals surface area contributed by atoms with Gasteiger partial charge < -0.3 is 5.32 Å². The molecule has 0 radical (unpaired) electrons. The molecule has 0 saturated heterocycles. The number of carbonyl (C=O) groups excluding carboxylic acids is 1. The summed E-state index contributed by atoms with van der Waals surface area (Å²) >= 11 is 13.3. The number of hydrogen-bond acceptors (Lipinski definition) is 2. The highest BCUT2D eigenvalue weighted by Crippen LogP contribution is 2.31. The lowest BCUT2D eigenvalue weighted by Crippen LogP contribution is -2.22. The Morgan fingerprint density at radius 1 is 1.19 bits per heavy atom. The van der Waals surface area contributed by atoms with E-state index in [9.17, 15) is 9.18 Å². The van der Waals surface area contributed by atoms with Gasteiger partial charge in [0.1, 0.15) is 5.82 Å². The van der Waals surface area contributed by atoms with Gasteiger partial charge in [0.05, 0.1) is 21.0 Å². The molecule has 2 aromatic carbocycles. The number of hydrogen-bond donors (Lipinski definition) is 1. The minimum atomic E-state index is -0.448. The van der Waals surface area contributed by atoms with Crippen LogP contribution >= 0.6 is 35.0 Å². The molecule has 0 saturated carbocycles. The zero-order valence-electron chi connectivity index (χ0n) is 11.1. The zero-order chi connectivity index (χ0) is 15.4. The first kappa shape index (κ1) is 16.1. The zero-order valence-corrected chi connectivity index (χ0v) is 13.4. The van der Waals surface area contributed by atoms with Gasteiger partial charge >= 0.3 is 0 Å². The molecule has 0 aliphatic heterocycles. The summed E-state index contributed by atoms with van der Waals surface area (Å²) in [6, 6.07) is 11.1. The quantitative estimate of drug-likeness (QED) is 0.768. The van der Waals surface area contributed by atoms with E-state index in [1.54, 1.807) is 13.0 Å². The lowest BCUT2D eigenvalue weighted by Gasteiger charge is -2.13. The third-order valence-electron chi connectivity index (χ3n) is 2.70. The second-order valence-electron chi connectivity index (χ2n) is 4.30. The van der Waals surface area contributed by atoms with E-state index >= 15 is 0 Å². The highest BCUT2D eigenvalue weighted by molar-refractivity contribution is 8.00. The van der Waals surface area contributed by atoms with Crippen LogP contribution in [0.15, 0.2) is 47.4 Å². The van der Waals surface area contributed by atoms with Crippen LogP contribution in [-0.4, -0.2) is 11.2 Å². The van der Waals surface area contributed by atoms with Gasteiger partial charge in [0.25, 0.3) is 0 Å². The predicted molar refractivity (Wildman–Crippen MR) is 86.8 cm³/mol. The molecule has 2 nitrogen and oxygen atoms in total. The van der Waals surface area contributed by atoms with Crippen molar-refractivity contribution >= 4 is 46.6 Å². The molecule has 0 aromatic heterocycles. The van der Waals surface area contributed by atoms with E-state index in [2.05, 4.69) is 5.32 Å². The van der Waals surface area contributed by atoms with Gasteiger partial charge in [-0.1, -0.05) is 35.3 Å². The summed E-state index contributed by atoms with van der Waals surface area (Å²) in [7, 11) is 0. The minimum Gasteiger partial charge on any atom is -0.324 e. The highest BCUT2D eigenvalue weighted by atomic mass is 35.5. The maximum atomic E-state index is 13.0. The number of nitrogens with one attached hydrogen (secondary N) is 1. The van der Waals surface area contributed by atoms with E-state index in [1.807, 2.05) is 18.2 Å². The molecule has 0 spiro atoms. The average Bonchev–Trinajstić information content (AvgIpc) is 2.44. The molecule has 1 atom stereocenters. The van der Waals surface area contributed by atoms with Crippen molar-refractivity contribution in [1.29, 1.82) is 0 Å². The monoisotopic (exact) mass is 343 g/mol. The molecule has 1 unspecified atom stereocenters. The van der Waals surface area contributed by atoms with Crippen LogP contribution in [-0.2, 0) is 4.79 Å². The maximum Gasteiger partial charge on any atom is 0.237 e. The van der Waals surface area contributed by atoms with E-state index in [1.165, 1.54) is 23.9 Å². The molecule has 0 bridgehead atoms. The van der Waals surface area contributed by atoms with E-state index in [-0.39, 0.29) is 16.2 Å². The van der Waals surface area contributed by atoms with Gasteiger partial charge in [0.2, 0.25) is 5.91 Å². The molecule has 21 heavy (non-hydrogen) atoms. The molecule has 1 N–H and O–H groups in total. The molecule has 1 amide bonds. The van der Waals surface area contributed by atoms with Crippen LogP contribution in [0.25, 0.3) is 0 Å². The Bertz CT molecular complexity index is 666. The SMILES string of the molecule is CC(Sc1ccccc1Cl)C(=O)Nc1ccc(F)cc1Cl. The van der Waals surface area contributed by atoms with Crippen molar-refractivity contribution in [3.05, 3.63) is 58.3 Å². The summed E-state index contributed by atoms with van der Waals surface area (Å²) < 4.78 is 13.0. The fourth-order valence-electron chi connectivity index (χ4n) is 1.61. The van der Waals surface area contributed by atoms with E-state index in [4.69, 9.17) is 23.2 Å². The van der Waals surface area contributed by atoms with Crippen LogP contribution in [0, 0.1) is 5.82 Å². The van der Waals surface area contributed by atoms with Gasteiger partial charge in [-0.05, 0) is 37.3 Å². The molecule has 0 fully saturated rings. The fourth-order valence-corrected chi connectivity index (χ4v) is 2.98. The molecular formula is C15H12Cl2FNOS. The van der Waals surface area contributed by atoms with Gasteiger partial charge in [-0.25, -0.2) is 4.39 Å². The molecule has 6 heteroatoms. The summed E-state index contributed by atoms with van der Waals surface area (Å²) in [4.78, 5) is 13.0. The van der Waals surface area contributed by atoms with Gasteiger partial charge in [-0.15, -0.1) is 11.8 Å². The number of carbonyl (C=O) groups is 1. The first-order valence-electron chi connectivity index (χ1n) is 6.14. The normalized spacial score (nSPS) is 12.0. The predicted octanol–water partition coefficient (Wildman–Crippen LogP) is 5.25. The standard InChI is InChI=1S/C15H12Cl2FNOS/c1-9(21-14-5-3-2-4-11(14)16)15(20)19-13-7-6-10(18)8-12(13)17/h2-9H,1H3,(H,19,20). The molecule has 2 aromatic rings. The molecule has 0 aliphatic rings. The third kappa shape index (κ3) is 4.37. The van der Waals surface area contributed by atoms with Crippen molar-refractivity contribution in [2.75, 3.05) is 5.32 Å². The largest absolute Gasteiger partial charge is 0.324 e. The van der Waals surface area contributed by atoms with Gasteiger partial charge in [-0.3, -0.25) is 4.79 Å². The van der Waals surface area contributed by atoms with Crippen molar-refractivity contribution in [2.45, 2.75) is 17.1 Å². The molecule has 0 heterocycles. The van der Waals surface area contributed by atoms with Crippen LogP contribution in [0.3, 0.4) is 0 Å². The number of rotatable bonds is 4. The van der Waals surface area contributed by atoms with Crippen LogP contribution in [0.1, 0.15) is 6.92 Å². The summed E-state index contributed by atoms with van der Waals surface area (Å²) in [5.74, 6) is -0.676. The number of benzene rings is 2. The van der Waals surface area contributed by atoms with E-state index < -0.39 is 5.82 Å². The summed E-state index contributed by atoms with van der Waals surface area (Å²) in [5.41, 5.74) is 0.384. The Balaban J connectivity index is 2.04. The molecule has 0 aliphatic carbocycles. The van der Waals surface area contributed by atoms with Crippen LogP contribution < -0.4 is 5.32 Å². The topological polar surface area (TPSA) is 29.1 Å². The Morgan fingerprint density at radius 3 is 2.57 bits per heavy atom. The smallest absolute Gasteiger partial charge is 0.237 e. The van der Waals surface area contributed by atoms with Crippen molar-refractivity contribution < 1.29 is 9.18 Å². The molecule has 2 rings (SSSR count). The van der Waals surface area contributed by atoms with Crippen molar-refractivity contribution in [1.82, 2.24) is 0 Å². The van der Waals surface area contributed by atoms with Gasteiger partial charge in [0, 0.05) is 4.90 Å². The average molecular weight is 344 g/mol. The van der Waals surface area contributed by atoms with Gasteiger partial charge in [-0.2, -0.15) is 0 Å². The molecular weight excluding hydrogens is 332 g/mol. The second kappa shape index (κ2) is 7.16. The first-order valence-corrected chi connectivity index (χ1v) is 7.78. The lowest BCUT2D eigenvalue weighted by atomic mass is 10.3. The Kier molecular flexibility index (Phi) is 5.51. The van der Waals surface area contributed by atoms with Crippen LogP contribution in [0.2, 0.25) is 10.0 Å².